The van der Waals surface area contributed by atoms with Crippen LogP contribution in [0.2, 0.25) is 0 Å². The minimum atomic E-state index is -0.733. The fourth-order valence-electron chi connectivity index (χ4n) is 2.81. The first-order valence-electron chi connectivity index (χ1n) is 7.39. The molecule has 1 saturated carbocycles. The summed E-state index contributed by atoms with van der Waals surface area (Å²) in [5.74, 6) is -0.483. The number of hydrogen-bond acceptors (Lipinski definition) is 2. The number of carboxylic acid groups (broad SMARTS) is 1. The Labute approximate surface area is 124 Å². The van der Waals surface area contributed by atoms with Crippen molar-refractivity contribution < 1.29 is 14.7 Å². The van der Waals surface area contributed by atoms with Crippen LogP contribution in [-0.4, -0.2) is 23.1 Å². The Hall–Kier alpha value is -2.04. The van der Waals surface area contributed by atoms with Crippen molar-refractivity contribution in [3.63, 3.8) is 0 Å². The van der Waals surface area contributed by atoms with E-state index in [9.17, 15) is 9.59 Å². The van der Waals surface area contributed by atoms with Gasteiger partial charge in [-0.1, -0.05) is 18.2 Å². The van der Waals surface area contributed by atoms with E-state index in [4.69, 9.17) is 5.11 Å². The number of amides is 2. The van der Waals surface area contributed by atoms with Gasteiger partial charge in [-0.2, -0.15) is 0 Å². The van der Waals surface area contributed by atoms with Crippen LogP contribution in [-0.2, 0) is 4.79 Å². The summed E-state index contributed by atoms with van der Waals surface area (Å²) in [5.41, 5.74) is 1.84. The van der Waals surface area contributed by atoms with Gasteiger partial charge in [0.1, 0.15) is 0 Å². The van der Waals surface area contributed by atoms with Crippen molar-refractivity contribution in [2.45, 2.75) is 45.1 Å². The number of aliphatic carboxylic acids is 1. The minimum Gasteiger partial charge on any atom is -0.481 e. The molecule has 5 heteroatoms. The Morgan fingerprint density at radius 1 is 1.19 bits per heavy atom. The van der Waals surface area contributed by atoms with Crippen LogP contribution in [0.25, 0.3) is 0 Å². The normalized spacial score (nSPS) is 21.6. The van der Waals surface area contributed by atoms with E-state index in [1.165, 1.54) is 0 Å². The lowest BCUT2D eigenvalue weighted by molar-refractivity contribution is -0.138. The second kappa shape index (κ2) is 7.11. The number of aryl methyl sites for hydroxylation is 1. The van der Waals surface area contributed by atoms with Gasteiger partial charge in [-0.3, -0.25) is 4.79 Å². The third kappa shape index (κ3) is 4.77. The van der Waals surface area contributed by atoms with Gasteiger partial charge in [-0.05, 0) is 50.2 Å². The van der Waals surface area contributed by atoms with Crippen LogP contribution in [0.15, 0.2) is 24.3 Å². The number of nitrogens with one attached hydrogen (secondary N) is 2. The zero-order chi connectivity index (χ0) is 15.2. The molecular weight excluding hydrogens is 268 g/mol. The summed E-state index contributed by atoms with van der Waals surface area (Å²) in [4.78, 5) is 22.7. The highest BCUT2D eigenvalue weighted by molar-refractivity contribution is 5.90. The van der Waals surface area contributed by atoms with Gasteiger partial charge in [0.25, 0.3) is 0 Å². The molecule has 1 aliphatic carbocycles. The molecule has 0 aromatic heterocycles. The number of rotatable bonds is 4. The van der Waals surface area contributed by atoms with E-state index in [1.54, 1.807) is 0 Å². The fraction of sp³-hybridized carbons (Fsp3) is 0.500. The van der Waals surface area contributed by atoms with Gasteiger partial charge in [0.2, 0.25) is 0 Å². The quantitative estimate of drug-likeness (QED) is 0.797. The van der Waals surface area contributed by atoms with Gasteiger partial charge in [-0.25, -0.2) is 4.79 Å². The van der Waals surface area contributed by atoms with Crippen LogP contribution < -0.4 is 10.6 Å². The van der Waals surface area contributed by atoms with Crippen LogP contribution in [0.1, 0.15) is 37.7 Å². The van der Waals surface area contributed by atoms with Gasteiger partial charge in [0.15, 0.2) is 0 Å². The first-order valence-corrected chi connectivity index (χ1v) is 7.39. The minimum absolute atomic E-state index is 0.138. The number of para-hydroxylation sites is 1. The SMILES string of the molecule is Cc1ccccc1NC(=O)NC1CCC(CC(=O)O)CC1. The second-order valence-electron chi connectivity index (χ2n) is 5.73. The maximum atomic E-state index is 12.0. The van der Waals surface area contributed by atoms with E-state index in [2.05, 4.69) is 10.6 Å². The monoisotopic (exact) mass is 290 g/mol. The maximum absolute atomic E-state index is 12.0. The molecule has 0 saturated heterocycles. The van der Waals surface area contributed by atoms with Gasteiger partial charge < -0.3 is 15.7 Å². The largest absolute Gasteiger partial charge is 0.481 e. The molecular formula is C16H22N2O3. The predicted molar refractivity (Wildman–Crippen MR) is 81.3 cm³/mol. The third-order valence-corrected chi connectivity index (χ3v) is 4.04. The van der Waals surface area contributed by atoms with Crippen LogP contribution in [0.4, 0.5) is 10.5 Å². The Morgan fingerprint density at radius 3 is 2.48 bits per heavy atom. The lowest BCUT2D eigenvalue weighted by Gasteiger charge is -2.28. The highest BCUT2D eigenvalue weighted by Gasteiger charge is 2.23. The summed E-state index contributed by atoms with van der Waals surface area (Å²) in [5, 5.41) is 14.6. The summed E-state index contributed by atoms with van der Waals surface area (Å²) in [6, 6.07) is 7.60. The van der Waals surface area contributed by atoms with Crippen LogP contribution >= 0.6 is 0 Å². The lowest BCUT2D eigenvalue weighted by atomic mass is 9.84. The molecule has 1 aromatic rings. The molecule has 0 unspecified atom stereocenters. The number of urea groups is 1. The van der Waals surface area contributed by atoms with Gasteiger partial charge >= 0.3 is 12.0 Å². The Morgan fingerprint density at radius 2 is 1.86 bits per heavy atom. The van der Waals surface area contributed by atoms with E-state index < -0.39 is 5.97 Å². The molecule has 5 nitrogen and oxygen atoms in total. The molecule has 3 N–H and O–H groups in total. The molecule has 0 atom stereocenters. The summed E-state index contributed by atoms with van der Waals surface area (Å²) in [6.45, 7) is 1.95. The number of carbonyl (C=O) groups excluding carboxylic acids is 1. The molecule has 1 aromatic carbocycles. The zero-order valence-electron chi connectivity index (χ0n) is 12.3. The van der Waals surface area contributed by atoms with E-state index in [0.29, 0.717) is 0 Å². The van der Waals surface area contributed by atoms with Crippen molar-refractivity contribution in [1.82, 2.24) is 5.32 Å². The van der Waals surface area contributed by atoms with Gasteiger partial charge in [-0.15, -0.1) is 0 Å². The zero-order valence-corrected chi connectivity index (χ0v) is 12.3. The van der Waals surface area contributed by atoms with Crippen LogP contribution in [0.3, 0.4) is 0 Å². The van der Waals surface area contributed by atoms with Crippen molar-refractivity contribution in [3.8, 4) is 0 Å². The molecule has 2 rings (SSSR count). The molecule has 1 fully saturated rings. The van der Waals surface area contributed by atoms with Crippen LogP contribution in [0.5, 0.6) is 0 Å². The molecule has 0 aliphatic heterocycles. The molecule has 0 bridgehead atoms. The topological polar surface area (TPSA) is 78.4 Å². The van der Waals surface area contributed by atoms with Crippen molar-refractivity contribution in [2.75, 3.05) is 5.32 Å². The number of carboxylic acids is 1. The van der Waals surface area contributed by atoms with Crippen molar-refractivity contribution in [2.24, 2.45) is 5.92 Å². The van der Waals surface area contributed by atoms with Gasteiger partial charge in [0, 0.05) is 18.2 Å². The number of carbonyl (C=O) groups is 2. The number of hydrogen-bond donors (Lipinski definition) is 3. The summed E-state index contributed by atoms with van der Waals surface area (Å²) in [6.07, 6.45) is 3.66. The number of anilines is 1. The van der Waals surface area contributed by atoms with Crippen molar-refractivity contribution in [3.05, 3.63) is 29.8 Å². The average Bonchev–Trinajstić information content (AvgIpc) is 2.43. The average molecular weight is 290 g/mol. The van der Waals surface area contributed by atoms with E-state index in [0.717, 1.165) is 36.9 Å². The lowest BCUT2D eigenvalue weighted by Crippen LogP contribution is -2.40. The summed E-state index contributed by atoms with van der Waals surface area (Å²) in [7, 11) is 0. The second-order valence-corrected chi connectivity index (χ2v) is 5.73. The highest BCUT2D eigenvalue weighted by Crippen LogP contribution is 2.26. The molecule has 0 spiro atoms. The van der Waals surface area contributed by atoms with Gasteiger partial charge in [0.05, 0.1) is 0 Å². The predicted octanol–water partition coefficient (Wildman–Crippen LogP) is 3.15. The fourth-order valence-corrected chi connectivity index (χ4v) is 2.81. The molecule has 0 heterocycles. The third-order valence-electron chi connectivity index (χ3n) is 4.04. The van der Waals surface area contributed by atoms with E-state index in [-0.39, 0.29) is 24.4 Å². The standard InChI is InChI=1S/C16H22N2O3/c1-11-4-2-3-5-14(11)18-16(21)17-13-8-6-12(7-9-13)10-15(19)20/h2-5,12-13H,6-10H2,1H3,(H,19,20)(H2,17,18,21). The Bertz CT molecular complexity index is 508. The smallest absolute Gasteiger partial charge is 0.319 e. The summed E-state index contributed by atoms with van der Waals surface area (Å²) >= 11 is 0. The first kappa shape index (κ1) is 15.4. The van der Waals surface area contributed by atoms with Crippen LogP contribution in [0, 0.1) is 12.8 Å². The van der Waals surface area contributed by atoms with Crippen molar-refractivity contribution >= 4 is 17.7 Å². The first-order chi connectivity index (χ1) is 10.0. The maximum Gasteiger partial charge on any atom is 0.319 e. The molecule has 1 aliphatic rings. The molecule has 2 amide bonds. The molecule has 114 valence electrons. The Kier molecular flexibility index (Phi) is 5.20. The number of benzene rings is 1. The van der Waals surface area contributed by atoms with E-state index in [1.807, 2.05) is 31.2 Å². The van der Waals surface area contributed by atoms with E-state index >= 15 is 0 Å². The Balaban J connectivity index is 1.77. The molecule has 21 heavy (non-hydrogen) atoms. The van der Waals surface area contributed by atoms with Crippen molar-refractivity contribution in [1.29, 1.82) is 0 Å². The highest BCUT2D eigenvalue weighted by atomic mass is 16.4. The summed E-state index contributed by atoms with van der Waals surface area (Å²) < 4.78 is 0. The molecule has 0 radical (unpaired) electrons.